The summed E-state index contributed by atoms with van der Waals surface area (Å²) in [7, 11) is 2.12. The maximum atomic E-state index is 5.81. The molecule has 1 aromatic heterocycles. The van der Waals surface area contributed by atoms with Gasteiger partial charge in [-0.25, -0.2) is 4.98 Å². The number of pyridine rings is 1. The fourth-order valence-electron chi connectivity index (χ4n) is 1.83. The van der Waals surface area contributed by atoms with Gasteiger partial charge < -0.3 is 15.4 Å². The lowest BCUT2D eigenvalue weighted by Gasteiger charge is -2.28. The number of hydrogen-bond donors (Lipinski definition) is 1. The van der Waals surface area contributed by atoms with Gasteiger partial charge in [0.25, 0.3) is 0 Å². The number of hydrogen-bond acceptors (Lipinski definition) is 4. The molecule has 0 saturated carbocycles. The Labute approximate surface area is 100 Å². The van der Waals surface area contributed by atoms with Crippen LogP contribution in [0.5, 0.6) is 5.88 Å². The van der Waals surface area contributed by atoms with Crippen molar-refractivity contribution >= 4 is 17.3 Å². The summed E-state index contributed by atoms with van der Waals surface area (Å²) in [5.41, 5.74) is 6.26. The zero-order valence-electron chi connectivity index (χ0n) is 9.32. The quantitative estimate of drug-likeness (QED) is 0.803. The summed E-state index contributed by atoms with van der Waals surface area (Å²) in [5, 5.41) is 0.378. The summed E-state index contributed by atoms with van der Waals surface area (Å²) in [6, 6.07) is 3.33. The molecule has 16 heavy (non-hydrogen) atoms. The van der Waals surface area contributed by atoms with Gasteiger partial charge in [0.15, 0.2) is 0 Å². The Morgan fingerprint density at radius 3 is 2.75 bits per heavy atom. The molecule has 1 aliphatic heterocycles. The van der Waals surface area contributed by atoms with Crippen LogP contribution in [-0.2, 0) is 0 Å². The lowest BCUT2D eigenvalue weighted by atomic mass is 10.1. The molecule has 5 heteroatoms. The maximum absolute atomic E-state index is 5.81. The molecule has 88 valence electrons. The lowest BCUT2D eigenvalue weighted by molar-refractivity contribution is 0.110. The topological polar surface area (TPSA) is 51.4 Å². The number of anilines is 1. The fourth-order valence-corrected chi connectivity index (χ4v) is 2.03. The van der Waals surface area contributed by atoms with Gasteiger partial charge in [0.05, 0.1) is 0 Å². The minimum absolute atomic E-state index is 0.224. The van der Waals surface area contributed by atoms with Crippen LogP contribution in [0.4, 0.5) is 5.69 Å². The number of rotatable bonds is 2. The van der Waals surface area contributed by atoms with E-state index in [4.69, 9.17) is 22.1 Å². The van der Waals surface area contributed by atoms with Crippen LogP contribution in [0.15, 0.2) is 12.1 Å². The Hall–Kier alpha value is -1.00. The Kier molecular flexibility index (Phi) is 3.51. The van der Waals surface area contributed by atoms with Gasteiger partial charge in [-0.1, -0.05) is 11.6 Å². The summed E-state index contributed by atoms with van der Waals surface area (Å²) < 4.78 is 5.76. The van der Waals surface area contributed by atoms with Gasteiger partial charge in [0.2, 0.25) is 5.88 Å². The van der Waals surface area contributed by atoms with E-state index in [2.05, 4.69) is 16.9 Å². The first-order valence-corrected chi connectivity index (χ1v) is 5.79. The number of ether oxygens (including phenoxy) is 1. The summed E-state index contributed by atoms with van der Waals surface area (Å²) in [6.07, 6.45) is 2.26. The van der Waals surface area contributed by atoms with E-state index in [0.29, 0.717) is 16.7 Å². The number of aromatic nitrogens is 1. The first-order valence-electron chi connectivity index (χ1n) is 5.42. The summed E-state index contributed by atoms with van der Waals surface area (Å²) >= 11 is 5.81. The smallest absolute Gasteiger partial charge is 0.217 e. The molecule has 0 spiro atoms. The van der Waals surface area contributed by atoms with Crippen molar-refractivity contribution in [1.82, 2.24) is 9.88 Å². The molecule has 0 bridgehead atoms. The molecule has 1 fully saturated rings. The molecule has 0 radical (unpaired) electrons. The minimum Gasteiger partial charge on any atom is -0.474 e. The van der Waals surface area contributed by atoms with Crippen LogP contribution in [0, 0.1) is 0 Å². The minimum atomic E-state index is 0.224. The number of piperidine rings is 1. The Bertz CT molecular complexity index is 344. The summed E-state index contributed by atoms with van der Waals surface area (Å²) in [6.45, 7) is 2.11. The van der Waals surface area contributed by atoms with Crippen molar-refractivity contribution in [2.24, 2.45) is 0 Å². The molecule has 4 nitrogen and oxygen atoms in total. The number of nitrogens with zero attached hydrogens (tertiary/aromatic N) is 2. The third-order valence-corrected chi connectivity index (χ3v) is 2.94. The van der Waals surface area contributed by atoms with E-state index in [1.807, 2.05) is 0 Å². The standard InChI is InChI=1S/C11H16ClN3O/c1-15-4-2-9(3-5-15)16-11-7-8(13)6-10(12)14-11/h6-7,9H,2-5H2,1H3,(H2,13,14). The second-order valence-electron chi connectivity index (χ2n) is 4.18. The van der Waals surface area contributed by atoms with E-state index in [-0.39, 0.29) is 6.10 Å². The SMILES string of the molecule is CN1CCC(Oc2cc(N)cc(Cl)n2)CC1. The molecular formula is C11H16ClN3O. The predicted octanol–water partition coefficient (Wildman–Crippen LogP) is 1.79. The van der Waals surface area contributed by atoms with Gasteiger partial charge in [-0.15, -0.1) is 0 Å². The summed E-state index contributed by atoms with van der Waals surface area (Å²) in [4.78, 5) is 6.39. The number of nitrogens with two attached hydrogens (primary N) is 1. The molecule has 0 amide bonds. The van der Waals surface area contributed by atoms with Crippen LogP contribution in [0.25, 0.3) is 0 Å². The van der Waals surface area contributed by atoms with Crippen molar-refractivity contribution in [3.63, 3.8) is 0 Å². The van der Waals surface area contributed by atoms with Crippen molar-refractivity contribution in [2.45, 2.75) is 18.9 Å². The first-order chi connectivity index (χ1) is 7.63. The second kappa shape index (κ2) is 4.89. The van der Waals surface area contributed by atoms with Gasteiger partial charge in [-0.05, 0) is 26.0 Å². The van der Waals surface area contributed by atoms with Crippen molar-refractivity contribution < 1.29 is 4.74 Å². The molecule has 1 aromatic rings. The monoisotopic (exact) mass is 241 g/mol. The molecule has 1 saturated heterocycles. The van der Waals surface area contributed by atoms with Gasteiger partial charge >= 0.3 is 0 Å². The zero-order chi connectivity index (χ0) is 11.5. The lowest BCUT2D eigenvalue weighted by Crippen LogP contribution is -2.35. The first kappa shape index (κ1) is 11.5. The number of halogens is 1. The van der Waals surface area contributed by atoms with Crippen LogP contribution in [0.2, 0.25) is 5.15 Å². The molecule has 0 aromatic carbocycles. The van der Waals surface area contributed by atoms with Gasteiger partial charge in [-0.3, -0.25) is 0 Å². The van der Waals surface area contributed by atoms with Gasteiger partial charge in [-0.2, -0.15) is 0 Å². The van der Waals surface area contributed by atoms with Crippen molar-refractivity contribution in [3.8, 4) is 5.88 Å². The van der Waals surface area contributed by atoms with Crippen LogP contribution in [0.3, 0.4) is 0 Å². The average Bonchev–Trinajstić information content (AvgIpc) is 2.20. The van der Waals surface area contributed by atoms with E-state index in [1.165, 1.54) is 0 Å². The highest BCUT2D eigenvalue weighted by Crippen LogP contribution is 2.21. The third kappa shape index (κ3) is 3.00. The largest absolute Gasteiger partial charge is 0.474 e. The van der Waals surface area contributed by atoms with Gasteiger partial charge in [0, 0.05) is 24.8 Å². The second-order valence-corrected chi connectivity index (χ2v) is 4.57. The Balaban J connectivity index is 1.98. The molecule has 2 N–H and O–H groups in total. The van der Waals surface area contributed by atoms with Crippen LogP contribution < -0.4 is 10.5 Å². The molecule has 0 atom stereocenters. The molecule has 1 aliphatic rings. The van der Waals surface area contributed by atoms with Crippen LogP contribution in [0.1, 0.15) is 12.8 Å². The molecule has 0 unspecified atom stereocenters. The normalized spacial score (nSPS) is 18.6. The highest BCUT2D eigenvalue weighted by Gasteiger charge is 2.18. The molecular weight excluding hydrogens is 226 g/mol. The molecule has 2 rings (SSSR count). The van der Waals surface area contributed by atoms with E-state index in [9.17, 15) is 0 Å². The van der Waals surface area contributed by atoms with Crippen LogP contribution >= 0.6 is 11.6 Å². The van der Waals surface area contributed by atoms with Gasteiger partial charge in [0.1, 0.15) is 11.3 Å². The van der Waals surface area contributed by atoms with Crippen molar-refractivity contribution in [1.29, 1.82) is 0 Å². The summed E-state index contributed by atoms with van der Waals surface area (Å²) in [5.74, 6) is 0.527. The molecule has 0 aliphatic carbocycles. The zero-order valence-corrected chi connectivity index (χ0v) is 10.1. The highest BCUT2D eigenvalue weighted by molar-refractivity contribution is 6.29. The Morgan fingerprint density at radius 1 is 1.44 bits per heavy atom. The van der Waals surface area contributed by atoms with Crippen molar-refractivity contribution in [3.05, 3.63) is 17.3 Å². The van der Waals surface area contributed by atoms with Crippen molar-refractivity contribution in [2.75, 3.05) is 25.9 Å². The van der Waals surface area contributed by atoms with E-state index in [0.717, 1.165) is 25.9 Å². The number of likely N-dealkylation sites (tertiary alicyclic amines) is 1. The van der Waals surface area contributed by atoms with E-state index < -0.39 is 0 Å². The van der Waals surface area contributed by atoms with Crippen LogP contribution in [-0.4, -0.2) is 36.1 Å². The fraction of sp³-hybridized carbons (Fsp3) is 0.545. The van der Waals surface area contributed by atoms with E-state index >= 15 is 0 Å². The molecule has 2 heterocycles. The third-order valence-electron chi connectivity index (χ3n) is 2.75. The highest BCUT2D eigenvalue weighted by atomic mass is 35.5. The number of nitrogen functional groups attached to an aromatic ring is 1. The Morgan fingerprint density at radius 2 is 2.12 bits per heavy atom. The maximum Gasteiger partial charge on any atom is 0.217 e. The average molecular weight is 242 g/mol. The predicted molar refractivity (Wildman–Crippen MR) is 64.8 cm³/mol. The van der Waals surface area contributed by atoms with E-state index in [1.54, 1.807) is 12.1 Å².